The number of rotatable bonds is 3. The summed E-state index contributed by atoms with van der Waals surface area (Å²) < 4.78 is 0. The number of carbonyl (C=O) groups excluding carboxylic acids is 1. The number of carboxylic acids is 1. The Morgan fingerprint density at radius 2 is 2.05 bits per heavy atom. The van der Waals surface area contributed by atoms with Crippen LogP contribution in [0.4, 0.5) is 0 Å². The predicted molar refractivity (Wildman–Crippen MR) is 73.4 cm³/mol. The maximum Gasteiger partial charge on any atom is 0.326 e. The van der Waals surface area contributed by atoms with E-state index in [-0.39, 0.29) is 25.3 Å². The Morgan fingerprint density at radius 3 is 2.70 bits per heavy atom. The molecule has 1 amide bonds. The Bertz CT molecular complexity index is 541. The molecule has 2 rings (SSSR count). The summed E-state index contributed by atoms with van der Waals surface area (Å²) in [6.07, 6.45) is -0.476. The van der Waals surface area contributed by atoms with Crippen molar-refractivity contribution in [3.63, 3.8) is 0 Å². The van der Waals surface area contributed by atoms with Gasteiger partial charge < -0.3 is 15.1 Å². The number of aliphatic carboxylic acids is 1. The molecule has 2 atom stereocenters. The van der Waals surface area contributed by atoms with Gasteiger partial charge in [-0.25, -0.2) is 4.79 Å². The third-order valence-corrected chi connectivity index (χ3v) is 3.73. The average molecular weight is 277 g/mol. The Kier molecular flexibility index (Phi) is 4.09. The van der Waals surface area contributed by atoms with Crippen LogP contribution in [0.3, 0.4) is 0 Å². The normalized spacial score (nSPS) is 22.1. The standard InChI is InChI=1S/C15H19NO4/c1-9-3-4-10(2)11(5-9)6-14(18)16-8-12(17)7-13(16)15(19)20/h3-5,12-13,17H,6-8H2,1-2H3,(H,19,20)/t12-,13-/m1/s1. The van der Waals surface area contributed by atoms with Crippen LogP contribution >= 0.6 is 0 Å². The van der Waals surface area contributed by atoms with Crippen molar-refractivity contribution in [1.29, 1.82) is 0 Å². The summed E-state index contributed by atoms with van der Waals surface area (Å²) in [6, 6.07) is 4.95. The Balaban J connectivity index is 2.15. The lowest BCUT2D eigenvalue weighted by Crippen LogP contribution is -2.41. The molecule has 0 radical (unpaired) electrons. The van der Waals surface area contributed by atoms with E-state index in [1.54, 1.807) is 0 Å². The summed E-state index contributed by atoms with van der Waals surface area (Å²) in [6.45, 7) is 3.98. The Labute approximate surface area is 117 Å². The van der Waals surface area contributed by atoms with Crippen LogP contribution in [0, 0.1) is 13.8 Å². The first-order valence-electron chi connectivity index (χ1n) is 6.65. The minimum Gasteiger partial charge on any atom is -0.480 e. The molecule has 5 heteroatoms. The second kappa shape index (κ2) is 5.63. The minimum absolute atomic E-state index is 0.0979. The van der Waals surface area contributed by atoms with Gasteiger partial charge in [-0.05, 0) is 25.0 Å². The first-order chi connectivity index (χ1) is 9.38. The van der Waals surface area contributed by atoms with Crippen LogP contribution in [-0.2, 0) is 16.0 Å². The van der Waals surface area contributed by atoms with Crippen molar-refractivity contribution in [1.82, 2.24) is 4.90 Å². The van der Waals surface area contributed by atoms with Crippen molar-refractivity contribution in [2.24, 2.45) is 0 Å². The van der Waals surface area contributed by atoms with E-state index in [9.17, 15) is 14.7 Å². The molecule has 1 aromatic rings. The molecule has 1 saturated heterocycles. The van der Waals surface area contributed by atoms with E-state index in [0.717, 1.165) is 16.7 Å². The number of likely N-dealkylation sites (tertiary alicyclic amines) is 1. The number of aryl methyl sites for hydroxylation is 2. The van der Waals surface area contributed by atoms with Gasteiger partial charge in [0.2, 0.25) is 5.91 Å². The SMILES string of the molecule is Cc1ccc(C)c(CC(=O)N2C[C@H](O)C[C@@H]2C(=O)O)c1. The predicted octanol–water partition coefficient (Wildman–Crippen LogP) is 0.892. The lowest BCUT2D eigenvalue weighted by Gasteiger charge is -2.21. The van der Waals surface area contributed by atoms with Crippen LogP contribution < -0.4 is 0 Å². The highest BCUT2D eigenvalue weighted by Gasteiger charge is 2.38. The van der Waals surface area contributed by atoms with Crippen molar-refractivity contribution < 1.29 is 19.8 Å². The van der Waals surface area contributed by atoms with Crippen LogP contribution in [0.1, 0.15) is 23.1 Å². The molecule has 1 aliphatic rings. The Morgan fingerprint density at radius 1 is 1.35 bits per heavy atom. The molecule has 108 valence electrons. The largest absolute Gasteiger partial charge is 0.480 e. The fraction of sp³-hybridized carbons (Fsp3) is 0.467. The molecule has 5 nitrogen and oxygen atoms in total. The van der Waals surface area contributed by atoms with Crippen molar-refractivity contribution in [2.45, 2.75) is 38.8 Å². The van der Waals surface area contributed by atoms with Gasteiger partial charge >= 0.3 is 5.97 Å². The second-order valence-corrected chi connectivity index (χ2v) is 5.40. The third kappa shape index (κ3) is 2.99. The van der Waals surface area contributed by atoms with Crippen LogP contribution in [-0.4, -0.2) is 45.7 Å². The molecule has 0 spiro atoms. The van der Waals surface area contributed by atoms with E-state index in [2.05, 4.69) is 0 Å². The maximum absolute atomic E-state index is 12.3. The zero-order chi connectivity index (χ0) is 14.9. The molecule has 1 fully saturated rings. The summed E-state index contributed by atoms with van der Waals surface area (Å²) in [4.78, 5) is 24.7. The summed E-state index contributed by atoms with van der Waals surface area (Å²) in [5, 5.41) is 18.7. The summed E-state index contributed by atoms with van der Waals surface area (Å²) in [5.74, 6) is -1.31. The number of β-amino-alcohol motifs (C(OH)–C–C–N with tert-alkyl or cyclic N) is 1. The van der Waals surface area contributed by atoms with Gasteiger partial charge in [0.05, 0.1) is 12.5 Å². The van der Waals surface area contributed by atoms with E-state index in [1.165, 1.54) is 4.90 Å². The highest BCUT2D eigenvalue weighted by atomic mass is 16.4. The van der Waals surface area contributed by atoms with E-state index in [0.29, 0.717) is 0 Å². The molecular weight excluding hydrogens is 258 g/mol. The zero-order valence-corrected chi connectivity index (χ0v) is 11.7. The molecule has 0 saturated carbocycles. The van der Waals surface area contributed by atoms with E-state index in [4.69, 9.17) is 5.11 Å². The molecular formula is C15H19NO4. The smallest absolute Gasteiger partial charge is 0.326 e. The highest BCUT2D eigenvalue weighted by Crippen LogP contribution is 2.20. The van der Waals surface area contributed by atoms with Crippen LogP contribution in [0.5, 0.6) is 0 Å². The second-order valence-electron chi connectivity index (χ2n) is 5.40. The number of nitrogens with zero attached hydrogens (tertiary/aromatic N) is 1. The van der Waals surface area contributed by atoms with Gasteiger partial charge in [0, 0.05) is 13.0 Å². The number of benzene rings is 1. The Hall–Kier alpha value is -1.88. The van der Waals surface area contributed by atoms with Crippen molar-refractivity contribution in [3.8, 4) is 0 Å². The van der Waals surface area contributed by atoms with Gasteiger partial charge in [-0.3, -0.25) is 4.79 Å². The lowest BCUT2D eigenvalue weighted by atomic mass is 10.0. The van der Waals surface area contributed by atoms with Gasteiger partial charge in [-0.1, -0.05) is 23.8 Å². The van der Waals surface area contributed by atoms with Gasteiger partial charge in [0.1, 0.15) is 6.04 Å². The van der Waals surface area contributed by atoms with Gasteiger partial charge in [0.25, 0.3) is 0 Å². The van der Waals surface area contributed by atoms with Gasteiger partial charge in [-0.15, -0.1) is 0 Å². The molecule has 2 N–H and O–H groups in total. The zero-order valence-electron chi connectivity index (χ0n) is 11.7. The van der Waals surface area contributed by atoms with E-state index in [1.807, 2.05) is 32.0 Å². The third-order valence-electron chi connectivity index (χ3n) is 3.73. The molecule has 1 heterocycles. The first kappa shape index (κ1) is 14.5. The maximum atomic E-state index is 12.3. The van der Waals surface area contributed by atoms with Crippen molar-refractivity contribution >= 4 is 11.9 Å². The topological polar surface area (TPSA) is 77.8 Å². The monoisotopic (exact) mass is 277 g/mol. The van der Waals surface area contributed by atoms with E-state index < -0.39 is 18.1 Å². The fourth-order valence-electron chi connectivity index (χ4n) is 2.58. The van der Waals surface area contributed by atoms with Gasteiger partial charge in [-0.2, -0.15) is 0 Å². The number of aliphatic hydroxyl groups is 1. The highest BCUT2D eigenvalue weighted by molar-refractivity contribution is 5.86. The average Bonchev–Trinajstić information content (AvgIpc) is 2.76. The molecule has 0 bridgehead atoms. The molecule has 0 aliphatic carbocycles. The number of amides is 1. The lowest BCUT2D eigenvalue weighted by molar-refractivity contribution is -0.148. The number of carboxylic acid groups (broad SMARTS) is 1. The van der Waals surface area contributed by atoms with Crippen LogP contribution in [0.25, 0.3) is 0 Å². The van der Waals surface area contributed by atoms with Crippen molar-refractivity contribution in [2.75, 3.05) is 6.54 Å². The molecule has 20 heavy (non-hydrogen) atoms. The summed E-state index contributed by atoms with van der Waals surface area (Å²) >= 11 is 0. The molecule has 0 aromatic heterocycles. The van der Waals surface area contributed by atoms with Gasteiger partial charge in [0.15, 0.2) is 0 Å². The fourth-order valence-corrected chi connectivity index (χ4v) is 2.58. The number of aliphatic hydroxyl groups excluding tert-OH is 1. The quantitative estimate of drug-likeness (QED) is 0.860. The number of hydrogen-bond donors (Lipinski definition) is 2. The first-order valence-corrected chi connectivity index (χ1v) is 6.65. The summed E-state index contributed by atoms with van der Waals surface area (Å²) in [5.41, 5.74) is 2.98. The number of carbonyl (C=O) groups is 2. The molecule has 0 unspecified atom stereocenters. The minimum atomic E-state index is -1.06. The summed E-state index contributed by atoms with van der Waals surface area (Å²) in [7, 11) is 0. The molecule has 1 aromatic carbocycles. The van der Waals surface area contributed by atoms with Crippen LogP contribution in [0.2, 0.25) is 0 Å². The van der Waals surface area contributed by atoms with Crippen molar-refractivity contribution in [3.05, 3.63) is 34.9 Å². The molecule has 1 aliphatic heterocycles. The van der Waals surface area contributed by atoms with E-state index >= 15 is 0 Å². The van der Waals surface area contributed by atoms with Crippen LogP contribution in [0.15, 0.2) is 18.2 Å². The number of hydrogen-bond acceptors (Lipinski definition) is 3.